The van der Waals surface area contributed by atoms with Crippen LogP contribution < -0.4 is 15.2 Å². The molecule has 2 aromatic rings. The highest BCUT2D eigenvalue weighted by atomic mass is 16.7. The maximum atomic E-state index is 9.70. The van der Waals surface area contributed by atoms with Crippen molar-refractivity contribution < 1.29 is 23.5 Å². The molecule has 0 saturated carbocycles. The van der Waals surface area contributed by atoms with Crippen molar-refractivity contribution in [3.05, 3.63) is 24.1 Å². The predicted octanol–water partition coefficient (Wildman–Crippen LogP) is 1.35. The number of hydrogen-bond donors (Lipinski definition) is 1. The number of amides is 1. The number of ether oxygens (including phenoxy) is 3. The van der Waals surface area contributed by atoms with Crippen molar-refractivity contribution in [1.82, 2.24) is 15.0 Å². The molecule has 9 nitrogen and oxygen atoms in total. The molecule has 1 amide bonds. The van der Waals surface area contributed by atoms with Crippen molar-refractivity contribution in [1.29, 1.82) is 0 Å². The van der Waals surface area contributed by atoms with Crippen LogP contribution in [0.4, 0.5) is 0 Å². The number of benzene rings is 1. The highest BCUT2D eigenvalue weighted by molar-refractivity contribution is 5.74. The second-order valence-electron chi connectivity index (χ2n) is 6.06. The second-order valence-corrected chi connectivity index (χ2v) is 6.06. The molecule has 26 heavy (non-hydrogen) atoms. The first-order chi connectivity index (χ1) is 12.6. The Morgan fingerprint density at radius 2 is 2.19 bits per heavy atom. The summed E-state index contributed by atoms with van der Waals surface area (Å²) in [7, 11) is 3.51. The Hall–Kier alpha value is -2.65. The van der Waals surface area contributed by atoms with Crippen LogP contribution in [-0.2, 0) is 9.53 Å². The fourth-order valence-electron chi connectivity index (χ4n) is 2.89. The molecule has 1 atom stereocenters. The number of rotatable bonds is 4. The summed E-state index contributed by atoms with van der Waals surface area (Å²) < 4.78 is 20.4. The Morgan fingerprint density at radius 3 is 2.85 bits per heavy atom. The summed E-state index contributed by atoms with van der Waals surface area (Å²) in [6.45, 7) is 1.36. The van der Waals surface area contributed by atoms with E-state index in [1.165, 1.54) is 13.5 Å². The lowest BCUT2D eigenvalue weighted by Gasteiger charge is -2.14. The van der Waals surface area contributed by atoms with E-state index in [2.05, 4.69) is 32.6 Å². The van der Waals surface area contributed by atoms with Gasteiger partial charge in [-0.25, -0.2) is 0 Å². The average molecular weight is 362 g/mol. The third kappa shape index (κ3) is 4.12. The molecule has 0 radical (unpaired) electrons. The number of hydrogen-bond acceptors (Lipinski definition) is 8. The number of aromatic nitrogens is 2. The van der Waals surface area contributed by atoms with Gasteiger partial charge in [0.25, 0.3) is 0 Å². The smallest absolute Gasteiger partial charge is 0.244 e. The number of methoxy groups -OCH3 is 1. The maximum absolute atomic E-state index is 9.70. The van der Waals surface area contributed by atoms with Crippen molar-refractivity contribution in [2.45, 2.75) is 18.9 Å². The Kier molecular flexibility index (Phi) is 5.69. The van der Waals surface area contributed by atoms with E-state index in [1.807, 2.05) is 18.2 Å². The molecule has 4 rings (SSSR count). The molecule has 1 aromatic heterocycles. The number of primary amides is 1. The molecule has 0 bridgehead atoms. The summed E-state index contributed by atoms with van der Waals surface area (Å²) in [6.07, 6.45) is 2.24. The second kappa shape index (κ2) is 8.15. The van der Waals surface area contributed by atoms with E-state index in [0.29, 0.717) is 11.7 Å². The van der Waals surface area contributed by atoms with Gasteiger partial charge in [0.1, 0.15) is 6.61 Å². The fourth-order valence-corrected chi connectivity index (χ4v) is 2.89. The van der Waals surface area contributed by atoms with Gasteiger partial charge in [0.2, 0.25) is 24.4 Å². The topological polar surface area (TPSA) is 113 Å². The first kappa shape index (κ1) is 18.2. The molecule has 2 aliphatic heterocycles. The summed E-state index contributed by atoms with van der Waals surface area (Å²) >= 11 is 0. The van der Waals surface area contributed by atoms with E-state index < -0.39 is 5.91 Å². The minimum absolute atomic E-state index is 0.0139. The van der Waals surface area contributed by atoms with E-state index in [-0.39, 0.29) is 19.4 Å². The zero-order valence-corrected chi connectivity index (χ0v) is 14.8. The lowest BCUT2D eigenvalue weighted by atomic mass is 10.2. The lowest BCUT2D eigenvalue weighted by Crippen LogP contribution is -2.17. The Morgan fingerprint density at radius 1 is 1.38 bits per heavy atom. The normalized spacial score (nSPS) is 18.5. The SMILES string of the molecule is CN1CCC[C@H]1c1nc(-c2ccc3c(c2)OCO3)no1.COCC(N)=O. The molecule has 2 aliphatic rings. The van der Waals surface area contributed by atoms with Gasteiger partial charge < -0.3 is 24.5 Å². The van der Waals surface area contributed by atoms with E-state index in [4.69, 9.17) is 14.0 Å². The summed E-state index contributed by atoms with van der Waals surface area (Å²) in [6, 6.07) is 5.91. The largest absolute Gasteiger partial charge is 0.454 e. The minimum atomic E-state index is -0.433. The van der Waals surface area contributed by atoms with Crippen LogP contribution in [0.3, 0.4) is 0 Å². The van der Waals surface area contributed by atoms with Crippen LogP contribution >= 0.6 is 0 Å². The van der Waals surface area contributed by atoms with Gasteiger partial charge >= 0.3 is 0 Å². The molecule has 2 N–H and O–H groups in total. The van der Waals surface area contributed by atoms with Crippen LogP contribution in [0.25, 0.3) is 11.4 Å². The molecule has 9 heteroatoms. The van der Waals surface area contributed by atoms with Gasteiger partial charge in [0.15, 0.2) is 11.5 Å². The van der Waals surface area contributed by atoms with Crippen LogP contribution in [0.1, 0.15) is 24.8 Å². The highest BCUT2D eigenvalue weighted by Gasteiger charge is 2.28. The quantitative estimate of drug-likeness (QED) is 0.867. The van der Waals surface area contributed by atoms with Gasteiger partial charge in [0, 0.05) is 12.7 Å². The third-order valence-electron chi connectivity index (χ3n) is 4.16. The van der Waals surface area contributed by atoms with Gasteiger partial charge in [-0.1, -0.05) is 5.16 Å². The Bertz CT molecular complexity index is 763. The van der Waals surface area contributed by atoms with Crippen molar-refractivity contribution in [3.8, 4) is 22.9 Å². The van der Waals surface area contributed by atoms with E-state index >= 15 is 0 Å². The van der Waals surface area contributed by atoms with Gasteiger partial charge in [-0.2, -0.15) is 4.98 Å². The first-order valence-electron chi connectivity index (χ1n) is 8.29. The molecule has 0 unspecified atom stereocenters. The van der Waals surface area contributed by atoms with Gasteiger partial charge in [-0.3, -0.25) is 9.69 Å². The van der Waals surface area contributed by atoms with Crippen LogP contribution in [0, 0.1) is 0 Å². The number of likely N-dealkylation sites (tertiary alicyclic amines) is 1. The number of nitrogens with zero attached hydrogens (tertiary/aromatic N) is 3. The standard InChI is InChI=1S/C14H15N3O3.C3H7NO2/c1-17-6-2-3-10(17)14-15-13(16-20-14)9-4-5-11-12(7-9)19-8-18-11;1-6-2-3(4)5/h4-5,7,10H,2-3,6,8H2,1H3;2H2,1H3,(H2,4,5)/t10-;/m0./s1. The summed E-state index contributed by atoms with van der Waals surface area (Å²) in [5.74, 6) is 2.34. The van der Waals surface area contributed by atoms with Crippen molar-refractivity contribution in [2.24, 2.45) is 5.73 Å². The molecule has 3 heterocycles. The molecule has 0 aliphatic carbocycles. The predicted molar refractivity (Wildman–Crippen MR) is 91.5 cm³/mol. The summed E-state index contributed by atoms with van der Waals surface area (Å²) in [4.78, 5) is 16.5. The van der Waals surface area contributed by atoms with Crippen LogP contribution in [0.15, 0.2) is 22.7 Å². The average Bonchev–Trinajstić information content (AvgIpc) is 3.34. The van der Waals surface area contributed by atoms with Gasteiger partial charge in [0.05, 0.1) is 6.04 Å². The number of nitrogens with two attached hydrogens (primary N) is 1. The third-order valence-corrected chi connectivity index (χ3v) is 4.16. The van der Waals surface area contributed by atoms with Gasteiger partial charge in [-0.05, 0) is 44.6 Å². The van der Waals surface area contributed by atoms with Crippen LogP contribution in [0.5, 0.6) is 11.5 Å². The maximum Gasteiger partial charge on any atom is 0.244 e. The van der Waals surface area contributed by atoms with E-state index in [0.717, 1.165) is 30.0 Å². The lowest BCUT2D eigenvalue weighted by molar-refractivity contribution is -0.121. The molecule has 1 saturated heterocycles. The first-order valence-corrected chi connectivity index (χ1v) is 8.29. The molecule has 1 fully saturated rings. The Labute approximate surface area is 151 Å². The molecular weight excluding hydrogens is 340 g/mol. The summed E-state index contributed by atoms with van der Waals surface area (Å²) in [5, 5.41) is 4.08. The number of carbonyl (C=O) groups is 1. The summed E-state index contributed by atoms with van der Waals surface area (Å²) in [5.41, 5.74) is 5.52. The Balaban J connectivity index is 0.000000286. The van der Waals surface area contributed by atoms with Crippen LogP contribution in [-0.4, -0.2) is 55.0 Å². The van der Waals surface area contributed by atoms with E-state index in [9.17, 15) is 4.79 Å². The number of fused-ring (bicyclic) bond motifs is 1. The molecule has 140 valence electrons. The fraction of sp³-hybridized carbons (Fsp3) is 0.471. The van der Waals surface area contributed by atoms with Gasteiger partial charge in [-0.15, -0.1) is 0 Å². The zero-order chi connectivity index (χ0) is 18.5. The molecular formula is C17H22N4O5. The van der Waals surface area contributed by atoms with Crippen molar-refractivity contribution in [2.75, 3.05) is 34.1 Å². The minimum Gasteiger partial charge on any atom is -0.454 e. The van der Waals surface area contributed by atoms with E-state index in [1.54, 1.807) is 0 Å². The zero-order valence-electron chi connectivity index (χ0n) is 14.8. The van der Waals surface area contributed by atoms with Crippen molar-refractivity contribution in [3.63, 3.8) is 0 Å². The molecule has 0 spiro atoms. The van der Waals surface area contributed by atoms with Crippen LogP contribution in [0.2, 0.25) is 0 Å². The van der Waals surface area contributed by atoms with Crippen molar-refractivity contribution >= 4 is 5.91 Å². The molecule has 1 aromatic carbocycles. The monoisotopic (exact) mass is 362 g/mol. The highest BCUT2D eigenvalue weighted by Crippen LogP contribution is 2.36. The number of carbonyl (C=O) groups excluding carboxylic acids is 1.